The first-order valence-corrected chi connectivity index (χ1v) is 6.85. The number of nitro benzene ring substituents is 1. The van der Waals surface area contributed by atoms with Crippen molar-refractivity contribution in [1.82, 2.24) is 5.32 Å². The molecule has 1 fully saturated rings. The molecule has 0 heterocycles. The fraction of sp³-hybridized carbons (Fsp3) is 0.462. The Balaban J connectivity index is 2.06. The van der Waals surface area contributed by atoms with Crippen molar-refractivity contribution in [1.29, 1.82) is 0 Å². The second-order valence-electron chi connectivity index (χ2n) is 5.01. The molecular weight excluding hydrogens is 282 g/mol. The summed E-state index contributed by atoms with van der Waals surface area (Å²) in [4.78, 5) is 22.3. The Morgan fingerprint density at radius 2 is 2.00 bits per heavy atom. The van der Waals surface area contributed by atoms with Gasteiger partial charge in [-0.05, 0) is 37.8 Å². The Labute approximate surface area is 121 Å². The van der Waals surface area contributed by atoms with E-state index >= 15 is 0 Å². The second-order valence-corrected chi connectivity index (χ2v) is 5.42. The number of nitrogens with zero attached hydrogens (tertiary/aromatic N) is 1. The summed E-state index contributed by atoms with van der Waals surface area (Å²) in [6, 6.07) is 4.34. The highest BCUT2D eigenvalue weighted by Crippen LogP contribution is 2.25. The summed E-state index contributed by atoms with van der Waals surface area (Å²) in [5.74, 6) is -0.315. The molecule has 0 radical (unpaired) electrons. The predicted molar refractivity (Wildman–Crippen MR) is 75.8 cm³/mol. The van der Waals surface area contributed by atoms with E-state index in [1.807, 2.05) is 0 Å². The molecule has 20 heavy (non-hydrogen) atoms. The third kappa shape index (κ3) is 3.46. The number of rotatable bonds is 3. The second kappa shape index (κ2) is 6.19. The molecule has 1 saturated carbocycles. The average molecular weight is 298 g/mol. The lowest BCUT2D eigenvalue weighted by molar-refractivity contribution is -0.384. The first-order chi connectivity index (χ1) is 9.47. The number of carbonyl (C=O) groups is 1. The van der Waals surface area contributed by atoms with Crippen LogP contribution < -0.4 is 11.1 Å². The molecule has 0 spiro atoms. The fourth-order valence-electron chi connectivity index (χ4n) is 2.33. The molecule has 2 rings (SSSR count). The van der Waals surface area contributed by atoms with Crippen molar-refractivity contribution in [2.24, 2.45) is 5.73 Å². The average Bonchev–Trinajstić information content (AvgIpc) is 2.41. The molecule has 1 aliphatic rings. The summed E-state index contributed by atoms with van der Waals surface area (Å²) in [6.07, 6.45) is 3.43. The van der Waals surface area contributed by atoms with Crippen molar-refractivity contribution in [2.75, 3.05) is 0 Å². The van der Waals surface area contributed by atoms with E-state index in [4.69, 9.17) is 17.3 Å². The minimum Gasteiger partial charge on any atom is -0.349 e. The number of carbonyl (C=O) groups excluding carboxylic acids is 1. The van der Waals surface area contributed by atoms with Gasteiger partial charge in [-0.2, -0.15) is 0 Å². The van der Waals surface area contributed by atoms with Crippen LogP contribution in [0.3, 0.4) is 0 Å². The number of nitrogens with two attached hydrogens (primary N) is 1. The third-order valence-corrected chi connectivity index (χ3v) is 3.83. The van der Waals surface area contributed by atoms with E-state index < -0.39 is 4.92 Å². The normalized spacial score (nSPS) is 22.3. The zero-order valence-corrected chi connectivity index (χ0v) is 11.6. The lowest BCUT2D eigenvalue weighted by Crippen LogP contribution is -2.40. The maximum absolute atomic E-state index is 12.1. The molecular formula is C13H16ClN3O3. The van der Waals surface area contributed by atoms with E-state index in [2.05, 4.69) is 5.32 Å². The van der Waals surface area contributed by atoms with Crippen molar-refractivity contribution in [3.05, 3.63) is 38.9 Å². The number of amides is 1. The quantitative estimate of drug-likeness (QED) is 0.660. The van der Waals surface area contributed by atoms with Gasteiger partial charge in [0.2, 0.25) is 0 Å². The number of halogens is 1. The molecule has 0 aliphatic heterocycles. The van der Waals surface area contributed by atoms with Crippen LogP contribution in [0.2, 0.25) is 5.02 Å². The zero-order chi connectivity index (χ0) is 14.7. The SMILES string of the molecule is NC1CCC(NC(=O)c2ccc(Cl)c([N+](=O)[O-])c2)CC1. The molecule has 1 aromatic rings. The van der Waals surface area contributed by atoms with Gasteiger partial charge in [-0.1, -0.05) is 11.6 Å². The van der Waals surface area contributed by atoms with Gasteiger partial charge in [0.05, 0.1) is 4.92 Å². The maximum atomic E-state index is 12.1. The van der Waals surface area contributed by atoms with Crippen molar-refractivity contribution < 1.29 is 9.72 Å². The number of nitrogens with one attached hydrogen (secondary N) is 1. The molecule has 7 heteroatoms. The molecule has 3 N–H and O–H groups in total. The third-order valence-electron chi connectivity index (χ3n) is 3.51. The number of hydrogen-bond donors (Lipinski definition) is 2. The van der Waals surface area contributed by atoms with Gasteiger partial charge < -0.3 is 11.1 Å². The van der Waals surface area contributed by atoms with E-state index in [0.717, 1.165) is 25.7 Å². The van der Waals surface area contributed by atoms with Crippen LogP contribution in [0.25, 0.3) is 0 Å². The summed E-state index contributed by atoms with van der Waals surface area (Å²) in [5.41, 5.74) is 5.79. The highest BCUT2D eigenvalue weighted by molar-refractivity contribution is 6.32. The Kier molecular flexibility index (Phi) is 4.57. The van der Waals surface area contributed by atoms with E-state index in [1.165, 1.54) is 18.2 Å². The van der Waals surface area contributed by atoms with Crippen LogP contribution in [-0.4, -0.2) is 22.9 Å². The topological polar surface area (TPSA) is 98.3 Å². The van der Waals surface area contributed by atoms with Gasteiger partial charge in [0, 0.05) is 23.7 Å². The van der Waals surface area contributed by atoms with E-state index in [-0.39, 0.29) is 34.3 Å². The summed E-state index contributed by atoms with van der Waals surface area (Å²) in [5, 5.41) is 13.7. The van der Waals surface area contributed by atoms with Gasteiger partial charge in [0.15, 0.2) is 0 Å². The van der Waals surface area contributed by atoms with E-state index in [9.17, 15) is 14.9 Å². The molecule has 0 bridgehead atoms. The summed E-state index contributed by atoms with van der Waals surface area (Å²) in [7, 11) is 0. The standard InChI is InChI=1S/C13H16ClN3O3/c14-11-6-1-8(7-12(11)17(19)20)13(18)16-10-4-2-9(15)3-5-10/h1,6-7,9-10H,2-5,15H2,(H,16,18). The summed E-state index contributed by atoms with van der Waals surface area (Å²) >= 11 is 5.72. The molecule has 1 amide bonds. The molecule has 0 unspecified atom stereocenters. The Hall–Kier alpha value is -1.66. The van der Waals surface area contributed by atoms with Gasteiger partial charge >= 0.3 is 0 Å². The summed E-state index contributed by atoms with van der Waals surface area (Å²) < 4.78 is 0. The predicted octanol–water partition coefficient (Wildman–Crippen LogP) is 2.25. The van der Waals surface area contributed by atoms with Gasteiger partial charge in [-0.25, -0.2) is 0 Å². The molecule has 0 saturated heterocycles. The summed E-state index contributed by atoms with van der Waals surface area (Å²) in [6.45, 7) is 0. The smallest absolute Gasteiger partial charge is 0.288 e. The lowest BCUT2D eigenvalue weighted by Gasteiger charge is -2.26. The van der Waals surface area contributed by atoms with E-state index in [0.29, 0.717) is 0 Å². The van der Waals surface area contributed by atoms with E-state index in [1.54, 1.807) is 0 Å². The van der Waals surface area contributed by atoms with Crippen LogP contribution in [0, 0.1) is 10.1 Å². The fourth-order valence-corrected chi connectivity index (χ4v) is 2.51. The Morgan fingerprint density at radius 1 is 1.35 bits per heavy atom. The van der Waals surface area contributed by atoms with Crippen LogP contribution in [0.4, 0.5) is 5.69 Å². The highest BCUT2D eigenvalue weighted by atomic mass is 35.5. The monoisotopic (exact) mass is 297 g/mol. The van der Waals surface area contributed by atoms with Crippen molar-refractivity contribution in [3.63, 3.8) is 0 Å². The Bertz CT molecular complexity index is 528. The van der Waals surface area contributed by atoms with Gasteiger partial charge in [-0.15, -0.1) is 0 Å². The lowest BCUT2D eigenvalue weighted by atomic mass is 9.91. The minimum absolute atomic E-state index is 0.0233. The van der Waals surface area contributed by atoms with Crippen molar-refractivity contribution in [3.8, 4) is 0 Å². The molecule has 0 atom stereocenters. The number of benzene rings is 1. The first-order valence-electron chi connectivity index (χ1n) is 6.47. The van der Waals surface area contributed by atoms with Crippen LogP contribution >= 0.6 is 11.6 Å². The number of hydrogen-bond acceptors (Lipinski definition) is 4. The van der Waals surface area contributed by atoms with Gasteiger partial charge in [-0.3, -0.25) is 14.9 Å². The number of nitro groups is 1. The van der Waals surface area contributed by atoms with Gasteiger partial charge in [0.1, 0.15) is 5.02 Å². The van der Waals surface area contributed by atoms with Crippen LogP contribution in [0.5, 0.6) is 0 Å². The van der Waals surface area contributed by atoms with Crippen LogP contribution in [-0.2, 0) is 0 Å². The van der Waals surface area contributed by atoms with Crippen molar-refractivity contribution >= 4 is 23.2 Å². The Morgan fingerprint density at radius 3 is 2.60 bits per heavy atom. The molecule has 1 aromatic carbocycles. The van der Waals surface area contributed by atoms with Crippen molar-refractivity contribution in [2.45, 2.75) is 37.8 Å². The van der Waals surface area contributed by atoms with Gasteiger partial charge in [0.25, 0.3) is 11.6 Å². The van der Waals surface area contributed by atoms with Crippen LogP contribution in [0.15, 0.2) is 18.2 Å². The molecule has 1 aliphatic carbocycles. The van der Waals surface area contributed by atoms with Crippen LogP contribution in [0.1, 0.15) is 36.0 Å². The molecule has 0 aromatic heterocycles. The zero-order valence-electron chi connectivity index (χ0n) is 10.8. The first kappa shape index (κ1) is 14.7. The minimum atomic E-state index is -0.598. The molecule has 6 nitrogen and oxygen atoms in total. The maximum Gasteiger partial charge on any atom is 0.288 e. The largest absolute Gasteiger partial charge is 0.349 e. The highest BCUT2D eigenvalue weighted by Gasteiger charge is 2.22. The molecule has 108 valence electrons.